The van der Waals surface area contributed by atoms with E-state index < -0.39 is 28.7 Å². The van der Waals surface area contributed by atoms with Crippen molar-refractivity contribution in [3.05, 3.63) is 155 Å². The zero-order valence-electron chi connectivity index (χ0n) is 28.4. The Labute approximate surface area is 295 Å². The zero-order valence-corrected chi connectivity index (χ0v) is 28.4. The fraction of sp³-hybridized carbons (Fsp3) is 0.209. The van der Waals surface area contributed by atoms with Gasteiger partial charge in [-0.15, -0.1) is 0 Å². The molecular weight excluding hydrogens is 648 g/mol. The van der Waals surface area contributed by atoms with E-state index in [0.29, 0.717) is 11.4 Å². The minimum absolute atomic E-state index is 0.196. The van der Waals surface area contributed by atoms with Gasteiger partial charge in [-0.05, 0) is 111 Å². The van der Waals surface area contributed by atoms with Crippen molar-refractivity contribution in [2.45, 2.75) is 44.9 Å². The first-order valence-corrected chi connectivity index (χ1v) is 17.3. The Balaban J connectivity index is 1.39. The molecule has 0 spiro atoms. The van der Waals surface area contributed by atoms with Crippen LogP contribution in [-0.4, -0.2) is 23.1 Å². The number of halogens is 4. The number of nitrogens with zero attached hydrogens (tertiary/aromatic N) is 4. The van der Waals surface area contributed by atoms with E-state index in [0.717, 1.165) is 96.2 Å². The maximum atomic E-state index is 15.5. The average molecular weight is 685 g/mol. The first-order valence-electron chi connectivity index (χ1n) is 17.3. The standard InChI is InChI=1S/C43H36F4N4/c1-43(2,41-33-15-9-21-50(29-11-5-3-6-12-29)39(33)25-37(48-41)31-19-17-27(44)23-35(31)46)42-34-16-10-22-51(30-13-7-4-8-14-30)40(34)26-38(49-42)32-20-18-28(45)24-36(32)47/h3-8,11-14,17-20,23-26H,9-10,15-16,21-22H2,1-2H3. The third-order valence-corrected chi connectivity index (χ3v) is 10.1. The summed E-state index contributed by atoms with van der Waals surface area (Å²) < 4.78 is 59.3. The fourth-order valence-electron chi connectivity index (χ4n) is 7.73. The Bertz CT molecular complexity index is 2100. The van der Waals surface area contributed by atoms with Gasteiger partial charge >= 0.3 is 0 Å². The minimum Gasteiger partial charge on any atom is -0.341 e. The Morgan fingerprint density at radius 2 is 0.941 bits per heavy atom. The molecule has 0 atom stereocenters. The summed E-state index contributed by atoms with van der Waals surface area (Å²) in [6.45, 7) is 5.64. The third kappa shape index (κ3) is 5.92. The quantitative estimate of drug-likeness (QED) is 0.164. The molecule has 0 fully saturated rings. The second-order valence-electron chi connectivity index (χ2n) is 13.8. The summed E-state index contributed by atoms with van der Waals surface area (Å²) in [4.78, 5) is 14.9. The highest BCUT2D eigenvalue weighted by atomic mass is 19.1. The van der Waals surface area contributed by atoms with Crippen LogP contribution in [0, 0.1) is 23.3 Å². The maximum absolute atomic E-state index is 15.5. The summed E-state index contributed by atoms with van der Waals surface area (Å²) in [5, 5.41) is 0. The summed E-state index contributed by atoms with van der Waals surface area (Å²) >= 11 is 0. The van der Waals surface area contributed by atoms with Crippen LogP contribution in [0.3, 0.4) is 0 Å². The molecule has 256 valence electrons. The predicted octanol–water partition coefficient (Wildman–Crippen LogP) is 10.9. The topological polar surface area (TPSA) is 32.3 Å². The van der Waals surface area contributed by atoms with Crippen LogP contribution in [0.15, 0.2) is 109 Å². The van der Waals surface area contributed by atoms with Gasteiger partial charge in [-0.2, -0.15) is 0 Å². The van der Waals surface area contributed by atoms with E-state index in [4.69, 9.17) is 9.97 Å². The smallest absolute Gasteiger partial charge is 0.135 e. The molecule has 0 amide bonds. The molecule has 0 radical (unpaired) electrons. The number of fused-ring (bicyclic) bond motifs is 2. The molecule has 8 rings (SSSR count). The molecule has 2 aliphatic rings. The zero-order chi connectivity index (χ0) is 35.3. The first kappa shape index (κ1) is 32.7. The van der Waals surface area contributed by atoms with Gasteiger partial charge in [0.1, 0.15) is 23.3 Å². The Kier molecular flexibility index (Phi) is 8.33. The van der Waals surface area contributed by atoms with E-state index in [1.807, 2.05) is 48.5 Å². The molecule has 0 aliphatic carbocycles. The van der Waals surface area contributed by atoms with Gasteiger partial charge in [0.05, 0.1) is 22.8 Å². The number of hydrogen-bond donors (Lipinski definition) is 0. The lowest BCUT2D eigenvalue weighted by atomic mass is 9.76. The van der Waals surface area contributed by atoms with Gasteiger partial charge in [0.2, 0.25) is 0 Å². The van der Waals surface area contributed by atoms with Crippen molar-refractivity contribution >= 4 is 22.7 Å². The maximum Gasteiger partial charge on any atom is 0.135 e. The molecule has 0 saturated carbocycles. The van der Waals surface area contributed by atoms with Crippen LogP contribution in [0.1, 0.15) is 49.2 Å². The molecule has 8 heteroatoms. The summed E-state index contributed by atoms with van der Waals surface area (Å²) in [7, 11) is 0. The summed E-state index contributed by atoms with van der Waals surface area (Å²) in [6.07, 6.45) is 3.21. The fourth-order valence-corrected chi connectivity index (χ4v) is 7.73. The van der Waals surface area contributed by atoms with E-state index in [1.54, 1.807) is 0 Å². The number of pyridine rings is 2. The van der Waals surface area contributed by atoms with Crippen molar-refractivity contribution in [2.24, 2.45) is 0 Å². The molecule has 0 saturated heterocycles. The van der Waals surface area contributed by atoms with Crippen LogP contribution in [0.5, 0.6) is 0 Å². The van der Waals surface area contributed by atoms with Crippen LogP contribution in [0.4, 0.5) is 40.3 Å². The normalized spacial score (nSPS) is 14.3. The first-order chi connectivity index (χ1) is 24.7. The number of aromatic nitrogens is 2. The Morgan fingerprint density at radius 1 is 0.529 bits per heavy atom. The Morgan fingerprint density at radius 3 is 1.33 bits per heavy atom. The van der Waals surface area contributed by atoms with E-state index in [9.17, 15) is 8.78 Å². The van der Waals surface area contributed by atoms with Crippen LogP contribution in [0.25, 0.3) is 22.5 Å². The second-order valence-corrected chi connectivity index (χ2v) is 13.8. The molecule has 4 heterocycles. The van der Waals surface area contributed by atoms with Crippen LogP contribution in [0.2, 0.25) is 0 Å². The van der Waals surface area contributed by atoms with Gasteiger partial charge in [-0.1, -0.05) is 36.4 Å². The summed E-state index contributed by atoms with van der Waals surface area (Å²) in [6, 6.07) is 31.0. The van der Waals surface area contributed by atoms with Crippen molar-refractivity contribution in [2.75, 3.05) is 22.9 Å². The number of anilines is 4. The van der Waals surface area contributed by atoms with Gasteiger partial charge in [0, 0.05) is 64.5 Å². The van der Waals surface area contributed by atoms with E-state index in [-0.39, 0.29) is 11.1 Å². The minimum atomic E-state index is -0.868. The van der Waals surface area contributed by atoms with Crippen LogP contribution in [-0.2, 0) is 18.3 Å². The highest BCUT2D eigenvalue weighted by molar-refractivity contribution is 5.78. The lowest BCUT2D eigenvalue weighted by Crippen LogP contribution is -2.33. The van der Waals surface area contributed by atoms with Gasteiger partial charge < -0.3 is 9.80 Å². The van der Waals surface area contributed by atoms with Crippen molar-refractivity contribution in [3.63, 3.8) is 0 Å². The Hall–Kier alpha value is -5.50. The van der Waals surface area contributed by atoms with Crippen molar-refractivity contribution in [3.8, 4) is 22.5 Å². The summed E-state index contributed by atoms with van der Waals surface area (Å²) in [5.41, 5.74) is 7.60. The molecule has 0 N–H and O–H groups in total. The van der Waals surface area contributed by atoms with Gasteiger partial charge in [0.25, 0.3) is 0 Å². The molecule has 51 heavy (non-hydrogen) atoms. The SMILES string of the molecule is CC(C)(c1nc(-c2ccc(F)cc2F)cc2c1CCCN2c1ccccc1)c1nc(-c2ccc(F)cc2F)cc2c1CCCN2c1ccccc1. The van der Waals surface area contributed by atoms with Gasteiger partial charge in [-0.25, -0.2) is 17.6 Å². The third-order valence-electron chi connectivity index (χ3n) is 10.1. The molecule has 2 aromatic heterocycles. The van der Waals surface area contributed by atoms with Gasteiger partial charge in [0.15, 0.2) is 0 Å². The van der Waals surface area contributed by atoms with Crippen molar-refractivity contribution < 1.29 is 17.6 Å². The molecule has 0 unspecified atom stereocenters. The van der Waals surface area contributed by atoms with Crippen molar-refractivity contribution in [1.29, 1.82) is 0 Å². The highest BCUT2D eigenvalue weighted by Gasteiger charge is 2.38. The molecule has 4 aromatic carbocycles. The molecule has 0 bridgehead atoms. The largest absolute Gasteiger partial charge is 0.341 e. The molecule has 2 aliphatic heterocycles. The van der Waals surface area contributed by atoms with Crippen LogP contribution >= 0.6 is 0 Å². The van der Waals surface area contributed by atoms with Crippen LogP contribution < -0.4 is 9.80 Å². The number of benzene rings is 4. The monoisotopic (exact) mass is 684 g/mol. The number of rotatable bonds is 6. The number of para-hydroxylation sites is 2. The summed E-state index contributed by atoms with van der Waals surface area (Å²) in [5.74, 6) is -2.72. The van der Waals surface area contributed by atoms with E-state index in [1.165, 1.54) is 24.3 Å². The lowest BCUT2D eigenvalue weighted by Gasteiger charge is -2.39. The van der Waals surface area contributed by atoms with E-state index >= 15 is 8.78 Å². The van der Waals surface area contributed by atoms with Crippen molar-refractivity contribution in [1.82, 2.24) is 9.97 Å². The van der Waals surface area contributed by atoms with E-state index in [2.05, 4.69) is 47.9 Å². The number of hydrogen-bond acceptors (Lipinski definition) is 4. The average Bonchev–Trinajstić information content (AvgIpc) is 3.14. The predicted molar refractivity (Wildman–Crippen MR) is 195 cm³/mol. The molecule has 6 aromatic rings. The highest BCUT2D eigenvalue weighted by Crippen LogP contribution is 2.47. The lowest BCUT2D eigenvalue weighted by molar-refractivity contribution is 0.564. The van der Waals surface area contributed by atoms with Gasteiger partial charge in [-0.3, -0.25) is 9.97 Å². The molecule has 4 nitrogen and oxygen atoms in total. The molecular formula is C43H36F4N4. The second kappa shape index (κ2) is 13.0.